The maximum atomic E-state index is 12.6. The lowest BCUT2D eigenvalue weighted by molar-refractivity contribution is 0.0696. The van der Waals surface area contributed by atoms with Crippen molar-refractivity contribution in [2.45, 2.75) is 37.8 Å². The van der Waals surface area contributed by atoms with E-state index in [9.17, 15) is 13.2 Å². The lowest BCUT2D eigenvalue weighted by Gasteiger charge is -2.22. The van der Waals surface area contributed by atoms with Gasteiger partial charge in [-0.2, -0.15) is 0 Å². The third-order valence-electron chi connectivity index (χ3n) is 2.99. The number of carboxylic acid groups (broad SMARTS) is 1. The number of nitrogens with one attached hydrogen (secondary N) is 2. The van der Waals surface area contributed by atoms with E-state index in [2.05, 4.69) is 10.0 Å². The number of furan rings is 1. The summed E-state index contributed by atoms with van der Waals surface area (Å²) in [6.07, 6.45) is 1.52. The van der Waals surface area contributed by atoms with Crippen LogP contribution in [-0.4, -0.2) is 25.0 Å². The van der Waals surface area contributed by atoms with Gasteiger partial charge in [-0.1, -0.05) is 0 Å². The predicted octanol–water partition coefficient (Wildman–Crippen LogP) is 2.67. The Morgan fingerprint density at radius 2 is 1.96 bits per heavy atom. The van der Waals surface area contributed by atoms with Gasteiger partial charge in [0.1, 0.15) is 10.7 Å². The molecule has 0 spiro atoms. The van der Waals surface area contributed by atoms with Gasteiger partial charge in [-0.15, -0.1) is 0 Å². The molecule has 0 aliphatic rings. The number of carbonyl (C=O) groups is 1. The molecule has 2 rings (SSSR count). The maximum absolute atomic E-state index is 12.6. The smallest absolute Gasteiger partial charge is 0.335 e. The first-order chi connectivity index (χ1) is 11.1. The molecule has 130 valence electrons. The van der Waals surface area contributed by atoms with Gasteiger partial charge >= 0.3 is 5.97 Å². The van der Waals surface area contributed by atoms with Gasteiger partial charge in [0.25, 0.3) is 0 Å². The van der Waals surface area contributed by atoms with Gasteiger partial charge < -0.3 is 14.8 Å². The summed E-state index contributed by atoms with van der Waals surface area (Å²) in [4.78, 5) is 11.0. The largest absolute Gasteiger partial charge is 0.478 e. The molecule has 0 bridgehead atoms. The van der Waals surface area contributed by atoms with Crippen molar-refractivity contribution in [2.75, 3.05) is 5.32 Å². The molecule has 1 aromatic heterocycles. The molecular formula is C16H20N2O5S. The van der Waals surface area contributed by atoms with Crippen LogP contribution in [0.2, 0.25) is 0 Å². The number of hydrogen-bond acceptors (Lipinski definition) is 5. The molecule has 0 aliphatic carbocycles. The van der Waals surface area contributed by atoms with E-state index < -0.39 is 21.5 Å². The zero-order chi connectivity index (χ0) is 18.0. The third kappa shape index (κ3) is 4.59. The molecular weight excluding hydrogens is 332 g/mol. The fourth-order valence-electron chi connectivity index (χ4n) is 2.08. The summed E-state index contributed by atoms with van der Waals surface area (Å²) in [7, 11) is -3.90. The average Bonchev–Trinajstić information content (AvgIpc) is 2.95. The van der Waals surface area contributed by atoms with Gasteiger partial charge in [0.15, 0.2) is 0 Å². The highest BCUT2D eigenvalue weighted by Crippen LogP contribution is 2.25. The van der Waals surface area contributed by atoms with Crippen molar-refractivity contribution in [2.24, 2.45) is 0 Å². The highest BCUT2D eigenvalue weighted by atomic mass is 32.2. The van der Waals surface area contributed by atoms with Crippen LogP contribution in [0.5, 0.6) is 0 Å². The summed E-state index contributed by atoms with van der Waals surface area (Å²) in [5.74, 6) is -0.566. The Hall–Kier alpha value is -2.32. The summed E-state index contributed by atoms with van der Waals surface area (Å²) in [6, 6.07) is 7.40. The summed E-state index contributed by atoms with van der Waals surface area (Å²) in [5.41, 5.74) is -0.503. The average molecular weight is 352 g/mol. The molecule has 7 nitrogen and oxygen atoms in total. The Bertz CT molecular complexity index is 821. The van der Waals surface area contributed by atoms with Crippen LogP contribution in [0.3, 0.4) is 0 Å². The molecule has 0 fully saturated rings. The topological polar surface area (TPSA) is 109 Å². The second kappa shape index (κ2) is 6.66. The Balaban J connectivity index is 2.41. The van der Waals surface area contributed by atoms with Crippen LogP contribution in [-0.2, 0) is 16.6 Å². The molecule has 8 heteroatoms. The van der Waals surface area contributed by atoms with Gasteiger partial charge in [0.2, 0.25) is 10.0 Å². The fourth-order valence-corrected chi connectivity index (χ4v) is 3.71. The second-order valence-electron chi connectivity index (χ2n) is 6.30. The highest BCUT2D eigenvalue weighted by molar-refractivity contribution is 7.89. The molecule has 0 unspecified atom stereocenters. The van der Waals surface area contributed by atoms with E-state index in [1.807, 2.05) is 0 Å². The first kappa shape index (κ1) is 18.0. The van der Waals surface area contributed by atoms with Crippen LogP contribution >= 0.6 is 0 Å². The molecule has 24 heavy (non-hydrogen) atoms. The molecule has 0 saturated carbocycles. The van der Waals surface area contributed by atoms with Gasteiger partial charge in [-0.05, 0) is 51.1 Å². The number of aromatic carboxylic acids is 1. The molecule has 1 heterocycles. The van der Waals surface area contributed by atoms with Crippen LogP contribution in [0.25, 0.3) is 0 Å². The van der Waals surface area contributed by atoms with E-state index in [1.54, 1.807) is 32.9 Å². The Kier molecular flexibility index (Phi) is 5.00. The van der Waals surface area contributed by atoms with Crippen LogP contribution in [0, 0.1) is 0 Å². The van der Waals surface area contributed by atoms with E-state index in [0.717, 1.165) is 6.07 Å². The molecule has 0 atom stereocenters. The summed E-state index contributed by atoms with van der Waals surface area (Å²) < 4.78 is 33.0. The third-order valence-corrected chi connectivity index (χ3v) is 4.79. The number of sulfonamides is 1. The number of anilines is 1. The maximum Gasteiger partial charge on any atom is 0.335 e. The van der Waals surface area contributed by atoms with E-state index in [1.165, 1.54) is 18.4 Å². The molecule has 0 aliphatic heterocycles. The molecule has 0 saturated heterocycles. The minimum absolute atomic E-state index is 0.104. The normalized spacial score (nSPS) is 12.1. The van der Waals surface area contributed by atoms with Gasteiger partial charge in [0.05, 0.1) is 24.1 Å². The molecule has 1 aromatic carbocycles. The van der Waals surface area contributed by atoms with Gasteiger partial charge in [-0.3, -0.25) is 0 Å². The SMILES string of the molecule is CC(C)(C)NS(=O)(=O)c1cc(C(=O)O)ccc1NCc1ccco1. The number of hydrogen-bond donors (Lipinski definition) is 3. The minimum Gasteiger partial charge on any atom is -0.478 e. The number of carboxylic acids is 1. The number of benzene rings is 1. The van der Waals surface area contributed by atoms with E-state index in [4.69, 9.17) is 9.52 Å². The van der Waals surface area contributed by atoms with Crippen LogP contribution in [0.15, 0.2) is 45.9 Å². The summed E-state index contributed by atoms with van der Waals surface area (Å²) >= 11 is 0. The first-order valence-corrected chi connectivity index (χ1v) is 8.74. The minimum atomic E-state index is -3.90. The Labute approximate surface area is 140 Å². The zero-order valence-corrected chi connectivity index (χ0v) is 14.5. The van der Waals surface area contributed by atoms with Gasteiger partial charge in [0, 0.05) is 5.54 Å². The molecule has 3 N–H and O–H groups in total. The molecule has 0 amide bonds. The van der Waals surface area contributed by atoms with Crippen molar-refractivity contribution in [1.29, 1.82) is 0 Å². The number of rotatable bonds is 6. The first-order valence-electron chi connectivity index (χ1n) is 7.26. The molecule has 2 aromatic rings. The van der Waals surface area contributed by atoms with E-state index in [0.29, 0.717) is 11.4 Å². The molecule has 0 radical (unpaired) electrons. The lowest BCUT2D eigenvalue weighted by atomic mass is 10.1. The van der Waals surface area contributed by atoms with Crippen molar-refractivity contribution in [1.82, 2.24) is 4.72 Å². The van der Waals surface area contributed by atoms with Crippen LogP contribution < -0.4 is 10.0 Å². The zero-order valence-electron chi connectivity index (χ0n) is 13.7. The van der Waals surface area contributed by atoms with Crippen molar-refractivity contribution >= 4 is 21.7 Å². The Morgan fingerprint density at radius 3 is 2.50 bits per heavy atom. The van der Waals surface area contributed by atoms with Crippen molar-refractivity contribution in [3.05, 3.63) is 47.9 Å². The van der Waals surface area contributed by atoms with Gasteiger partial charge in [-0.25, -0.2) is 17.9 Å². The standard InChI is InChI=1S/C16H20N2O5S/c1-16(2,3)18-24(21,22)14-9-11(15(19)20)6-7-13(14)17-10-12-5-4-8-23-12/h4-9,17-18H,10H2,1-3H3,(H,19,20). The Morgan fingerprint density at radius 1 is 1.25 bits per heavy atom. The van der Waals surface area contributed by atoms with Crippen molar-refractivity contribution < 1.29 is 22.7 Å². The highest BCUT2D eigenvalue weighted by Gasteiger charge is 2.25. The van der Waals surface area contributed by atoms with E-state index >= 15 is 0 Å². The van der Waals surface area contributed by atoms with Crippen molar-refractivity contribution in [3.8, 4) is 0 Å². The quantitative estimate of drug-likeness (QED) is 0.737. The summed E-state index contributed by atoms with van der Waals surface area (Å²) in [5, 5.41) is 12.1. The van der Waals surface area contributed by atoms with Crippen LogP contribution in [0.1, 0.15) is 36.9 Å². The lowest BCUT2D eigenvalue weighted by Crippen LogP contribution is -2.40. The monoisotopic (exact) mass is 352 g/mol. The summed E-state index contributed by atoms with van der Waals surface area (Å²) in [6.45, 7) is 5.40. The second-order valence-corrected chi connectivity index (χ2v) is 7.96. The van der Waals surface area contributed by atoms with Crippen molar-refractivity contribution in [3.63, 3.8) is 0 Å². The predicted molar refractivity (Wildman–Crippen MR) is 89.5 cm³/mol. The van der Waals surface area contributed by atoms with E-state index in [-0.39, 0.29) is 17.0 Å². The van der Waals surface area contributed by atoms with Crippen LogP contribution in [0.4, 0.5) is 5.69 Å². The fraction of sp³-hybridized carbons (Fsp3) is 0.312.